The van der Waals surface area contributed by atoms with Gasteiger partial charge in [-0.15, -0.1) is 0 Å². The lowest BCUT2D eigenvalue weighted by Crippen LogP contribution is -2.54. The Morgan fingerprint density at radius 2 is 1.78 bits per heavy atom. The van der Waals surface area contributed by atoms with Gasteiger partial charge in [-0.25, -0.2) is 4.39 Å². The Morgan fingerprint density at radius 1 is 1.03 bits per heavy atom. The molecule has 0 amide bonds. The Hall–Kier alpha value is -1.19. The third-order valence-electron chi connectivity index (χ3n) is 10.6. The number of rotatable bonds is 4. The van der Waals surface area contributed by atoms with Crippen molar-refractivity contribution >= 4 is 0 Å². The van der Waals surface area contributed by atoms with Crippen LogP contribution < -0.4 is 0 Å². The minimum atomic E-state index is -0.819. The van der Waals surface area contributed by atoms with Gasteiger partial charge in [-0.3, -0.25) is 0 Å². The van der Waals surface area contributed by atoms with Crippen LogP contribution in [0.4, 0.5) is 4.39 Å². The Labute approximate surface area is 193 Å². The molecule has 5 rings (SSSR count). The Morgan fingerprint density at radius 3 is 2.53 bits per heavy atom. The van der Waals surface area contributed by atoms with E-state index in [1.165, 1.54) is 49.8 Å². The van der Waals surface area contributed by atoms with Gasteiger partial charge in [0.15, 0.2) is 0 Å². The molecule has 3 saturated carbocycles. The molecule has 4 aliphatic carbocycles. The maximum atomic E-state index is 13.3. The van der Waals surface area contributed by atoms with Gasteiger partial charge in [-0.1, -0.05) is 32.1 Å². The van der Waals surface area contributed by atoms with E-state index >= 15 is 0 Å². The minimum absolute atomic E-state index is 0.0881. The highest BCUT2D eigenvalue weighted by Gasteiger charge is 2.60. The second-order valence-corrected chi connectivity index (χ2v) is 12.3. The molecule has 2 unspecified atom stereocenters. The van der Waals surface area contributed by atoms with Gasteiger partial charge in [0.1, 0.15) is 5.82 Å². The Bertz CT molecular complexity index is 874. The van der Waals surface area contributed by atoms with Gasteiger partial charge in [0.05, 0.1) is 11.7 Å². The average molecular weight is 441 g/mol. The monoisotopic (exact) mass is 440 g/mol. The summed E-state index contributed by atoms with van der Waals surface area (Å²) in [4.78, 5) is 0. The van der Waals surface area contributed by atoms with Crippen molar-refractivity contribution in [3.63, 3.8) is 0 Å². The molecule has 32 heavy (non-hydrogen) atoms. The van der Waals surface area contributed by atoms with Crippen molar-refractivity contribution in [1.82, 2.24) is 0 Å². The van der Waals surface area contributed by atoms with Crippen molar-refractivity contribution in [3.05, 3.63) is 47.3 Å². The van der Waals surface area contributed by atoms with E-state index in [1.54, 1.807) is 0 Å². The lowest BCUT2D eigenvalue weighted by molar-refractivity contribution is -0.121. The Kier molecular flexibility index (Phi) is 5.61. The molecular formula is C29H41FO2. The van der Waals surface area contributed by atoms with Gasteiger partial charge in [0, 0.05) is 0 Å². The normalized spacial score (nSPS) is 42.9. The van der Waals surface area contributed by atoms with Gasteiger partial charge >= 0.3 is 0 Å². The van der Waals surface area contributed by atoms with Crippen molar-refractivity contribution in [3.8, 4) is 0 Å². The molecule has 0 saturated heterocycles. The van der Waals surface area contributed by atoms with Gasteiger partial charge in [0.25, 0.3) is 0 Å². The first-order valence-corrected chi connectivity index (χ1v) is 13.0. The summed E-state index contributed by atoms with van der Waals surface area (Å²) in [6.07, 6.45) is 13.0. The van der Waals surface area contributed by atoms with Crippen LogP contribution in [0.15, 0.2) is 35.9 Å². The predicted octanol–water partition coefficient (Wildman–Crippen LogP) is 6.45. The standard InChI is InChI=1S/C29H41FO2/c1-27-15-13-22(31)18-20(27)6-9-23-24-10-11-26(28(24,2)16-14-25(23)27)29(3,32)17-12-19-4-7-21(30)8-5-19/h4-5,7-8,11,20,22-25,31-32H,6,9-10,12-18H2,1-3H3/t20?,22-,23+,24-,25-,27+,28-,29?/m0/s1. The van der Waals surface area contributed by atoms with Crippen molar-refractivity contribution < 1.29 is 14.6 Å². The summed E-state index contributed by atoms with van der Waals surface area (Å²) in [5.41, 5.74) is 2.01. The summed E-state index contributed by atoms with van der Waals surface area (Å²) in [5, 5.41) is 21.9. The van der Waals surface area contributed by atoms with Crippen LogP contribution in [0.3, 0.4) is 0 Å². The van der Waals surface area contributed by atoms with E-state index in [9.17, 15) is 14.6 Å². The molecule has 0 spiro atoms. The zero-order valence-corrected chi connectivity index (χ0v) is 20.1. The van der Waals surface area contributed by atoms with Crippen LogP contribution in [0.2, 0.25) is 0 Å². The first-order chi connectivity index (χ1) is 15.1. The molecule has 2 nitrogen and oxygen atoms in total. The number of fused-ring (bicyclic) bond motifs is 5. The SMILES string of the molecule is CC(O)(CCc1ccc(F)cc1)C1=CC[C@H]2[C@H]3CCC4C[C@@H](O)CC[C@@]4(C)[C@H]3CC[C@]12C. The fraction of sp³-hybridized carbons (Fsp3) is 0.724. The van der Waals surface area contributed by atoms with Crippen molar-refractivity contribution in [2.24, 2.45) is 34.5 Å². The molecule has 0 aromatic heterocycles. The van der Waals surface area contributed by atoms with Crippen molar-refractivity contribution in [2.45, 2.75) is 96.7 Å². The van der Waals surface area contributed by atoms with E-state index in [2.05, 4.69) is 19.9 Å². The molecule has 0 aliphatic heterocycles. The smallest absolute Gasteiger partial charge is 0.123 e. The van der Waals surface area contributed by atoms with Crippen LogP contribution in [-0.4, -0.2) is 21.9 Å². The molecule has 0 radical (unpaired) electrons. The third kappa shape index (κ3) is 3.59. The second kappa shape index (κ2) is 7.94. The summed E-state index contributed by atoms with van der Waals surface area (Å²) in [6.45, 7) is 6.96. The van der Waals surface area contributed by atoms with Gasteiger partial charge < -0.3 is 10.2 Å². The summed E-state index contributed by atoms with van der Waals surface area (Å²) < 4.78 is 13.3. The number of halogens is 1. The summed E-state index contributed by atoms with van der Waals surface area (Å²) in [5.74, 6) is 2.63. The Balaban J connectivity index is 1.32. The van der Waals surface area contributed by atoms with Gasteiger partial charge in [-0.2, -0.15) is 0 Å². The second-order valence-electron chi connectivity index (χ2n) is 12.3. The van der Waals surface area contributed by atoms with Crippen LogP contribution in [0.1, 0.15) is 84.1 Å². The fourth-order valence-electron chi connectivity index (χ4n) is 8.81. The highest BCUT2D eigenvalue weighted by Crippen LogP contribution is 2.67. The number of hydrogen-bond donors (Lipinski definition) is 2. The highest BCUT2D eigenvalue weighted by atomic mass is 19.1. The van der Waals surface area contributed by atoms with Crippen LogP contribution >= 0.6 is 0 Å². The number of aliphatic hydroxyl groups excluding tert-OH is 1. The molecule has 2 N–H and O–H groups in total. The first kappa shape index (κ1) is 22.6. The lowest BCUT2D eigenvalue weighted by atomic mass is 9.44. The van der Waals surface area contributed by atoms with E-state index in [1.807, 2.05) is 19.1 Å². The van der Waals surface area contributed by atoms with E-state index < -0.39 is 5.60 Å². The van der Waals surface area contributed by atoms with Crippen molar-refractivity contribution in [2.75, 3.05) is 0 Å². The number of aryl methyl sites for hydroxylation is 1. The fourth-order valence-corrected chi connectivity index (χ4v) is 8.81. The maximum Gasteiger partial charge on any atom is 0.123 e. The van der Waals surface area contributed by atoms with Crippen molar-refractivity contribution in [1.29, 1.82) is 0 Å². The molecule has 176 valence electrons. The number of hydrogen-bond acceptors (Lipinski definition) is 2. The molecule has 0 bridgehead atoms. The molecule has 3 heteroatoms. The first-order valence-electron chi connectivity index (χ1n) is 13.0. The molecule has 1 aromatic rings. The van der Waals surface area contributed by atoms with Gasteiger partial charge in [-0.05, 0) is 129 Å². The topological polar surface area (TPSA) is 40.5 Å². The highest BCUT2D eigenvalue weighted by molar-refractivity contribution is 5.32. The van der Waals surface area contributed by atoms with Gasteiger partial charge in [0.2, 0.25) is 0 Å². The van der Waals surface area contributed by atoms with Crippen LogP contribution in [-0.2, 0) is 6.42 Å². The molecule has 1 aromatic carbocycles. The molecule has 3 fully saturated rings. The number of aliphatic hydroxyl groups is 2. The molecule has 8 atom stereocenters. The molecule has 4 aliphatic rings. The predicted molar refractivity (Wildman–Crippen MR) is 127 cm³/mol. The molecular weight excluding hydrogens is 399 g/mol. The maximum absolute atomic E-state index is 13.3. The minimum Gasteiger partial charge on any atom is -0.393 e. The largest absolute Gasteiger partial charge is 0.393 e. The summed E-state index contributed by atoms with van der Waals surface area (Å²) in [6, 6.07) is 6.70. The van der Waals surface area contributed by atoms with Crippen LogP contribution in [0.25, 0.3) is 0 Å². The van der Waals surface area contributed by atoms with Crippen LogP contribution in [0, 0.1) is 40.3 Å². The lowest BCUT2D eigenvalue weighted by Gasteiger charge is -2.61. The van der Waals surface area contributed by atoms with E-state index in [-0.39, 0.29) is 17.3 Å². The third-order valence-corrected chi connectivity index (χ3v) is 10.6. The van der Waals surface area contributed by atoms with E-state index in [0.29, 0.717) is 23.7 Å². The molecule has 0 heterocycles. The zero-order chi connectivity index (χ0) is 22.7. The van der Waals surface area contributed by atoms with Crippen LogP contribution in [0.5, 0.6) is 0 Å². The summed E-state index contributed by atoms with van der Waals surface area (Å²) in [7, 11) is 0. The average Bonchev–Trinajstić information content (AvgIpc) is 3.12. The number of benzene rings is 1. The van der Waals surface area contributed by atoms with E-state index in [4.69, 9.17) is 0 Å². The zero-order valence-electron chi connectivity index (χ0n) is 20.1. The number of allylic oxidation sites excluding steroid dienone is 1. The van der Waals surface area contributed by atoms with E-state index in [0.717, 1.165) is 43.1 Å². The summed E-state index contributed by atoms with van der Waals surface area (Å²) >= 11 is 0. The quantitative estimate of drug-likeness (QED) is 0.528.